The highest BCUT2D eigenvalue weighted by Gasteiger charge is 2.27. The molecule has 1 saturated heterocycles. The second-order valence-electron chi connectivity index (χ2n) is 8.68. The Kier molecular flexibility index (Phi) is 5.29. The van der Waals surface area contributed by atoms with Gasteiger partial charge in [0.05, 0.1) is 23.3 Å². The van der Waals surface area contributed by atoms with Gasteiger partial charge in [0.15, 0.2) is 0 Å². The number of nitrogens with one attached hydrogen (secondary N) is 1. The molecular weight excluding hydrogens is 445 g/mol. The fraction of sp³-hybridized carbons (Fsp3) is 0.192. The summed E-state index contributed by atoms with van der Waals surface area (Å²) in [5.74, 6) is -0.786. The smallest absolute Gasteiger partial charge is 0.256 e. The highest BCUT2D eigenvalue weighted by atomic mass is 19.1. The maximum absolute atomic E-state index is 14.1. The molecule has 1 aliphatic heterocycles. The van der Waals surface area contributed by atoms with Crippen LogP contribution in [0.1, 0.15) is 29.2 Å². The molecule has 1 unspecified atom stereocenters. The van der Waals surface area contributed by atoms with Gasteiger partial charge in [-0.1, -0.05) is 23.4 Å². The number of hydrogen-bond acceptors (Lipinski definition) is 5. The molecule has 35 heavy (non-hydrogen) atoms. The molecule has 0 spiro atoms. The summed E-state index contributed by atoms with van der Waals surface area (Å²) in [6.45, 7) is 1.06. The van der Waals surface area contributed by atoms with Crippen molar-refractivity contribution in [3.63, 3.8) is 0 Å². The monoisotopic (exact) mass is 467 g/mol. The summed E-state index contributed by atoms with van der Waals surface area (Å²) >= 11 is 0. The Bertz CT molecular complexity index is 1510. The van der Waals surface area contributed by atoms with E-state index in [1.807, 2.05) is 35.1 Å². The first-order valence-corrected chi connectivity index (χ1v) is 11.5. The summed E-state index contributed by atoms with van der Waals surface area (Å²) < 4.78 is 16.0. The number of nitrogens with zero attached hydrogens (tertiary/aromatic N) is 6. The molecule has 1 N–H and O–H groups in total. The number of carbonyl (C=O) groups is 1. The van der Waals surface area contributed by atoms with E-state index in [1.54, 1.807) is 29.4 Å². The summed E-state index contributed by atoms with van der Waals surface area (Å²) in [7, 11) is 0. The van der Waals surface area contributed by atoms with Gasteiger partial charge in [-0.3, -0.25) is 14.9 Å². The summed E-state index contributed by atoms with van der Waals surface area (Å²) in [6.07, 6.45) is 7.09. The predicted molar refractivity (Wildman–Crippen MR) is 129 cm³/mol. The third-order valence-corrected chi connectivity index (χ3v) is 6.48. The van der Waals surface area contributed by atoms with Gasteiger partial charge in [-0.25, -0.2) is 9.07 Å². The van der Waals surface area contributed by atoms with Crippen LogP contribution in [0.15, 0.2) is 73.2 Å². The Morgan fingerprint density at radius 2 is 1.91 bits per heavy atom. The number of benzene rings is 2. The Hall–Kier alpha value is -4.40. The van der Waals surface area contributed by atoms with Gasteiger partial charge < -0.3 is 4.90 Å². The molecule has 1 amide bonds. The molecule has 1 aliphatic rings. The molecule has 4 heterocycles. The second kappa shape index (κ2) is 8.75. The second-order valence-corrected chi connectivity index (χ2v) is 8.68. The third kappa shape index (κ3) is 3.95. The molecule has 5 aromatic rings. The highest BCUT2D eigenvalue weighted by Crippen LogP contribution is 2.30. The average Bonchev–Trinajstić information content (AvgIpc) is 3.57. The van der Waals surface area contributed by atoms with Crippen LogP contribution >= 0.6 is 0 Å². The van der Waals surface area contributed by atoms with Crippen molar-refractivity contribution in [2.75, 3.05) is 13.1 Å². The molecule has 1 atom stereocenters. The SMILES string of the molecule is O=C(c1ccccc1F)N1CCCC(n2cc(-c3ccc4[nH]nc(-c5ccncc5)c4c3)nn2)C1. The Labute approximate surface area is 200 Å². The van der Waals surface area contributed by atoms with E-state index in [2.05, 4.69) is 31.6 Å². The molecule has 8 nitrogen and oxygen atoms in total. The Morgan fingerprint density at radius 3 is 2.77 bits per heavy atom. The van der Waals surface area contributed by atoms with Gasteiger partial charge in [-0.2, -0.15) is 5.10 Å². The summed E-state index contributed by atoms with van der Waals surface area (Å²) in [4.78, 5) is 18.7. The van der Waals surface area contributed by atoms with E-state index >= 15 is 0 Å². The molecule has 0 radical (unpaired) electrons. The highest BCUT2D eigenvalue weighted by molar-refractivity contribution is 5.95. The molecule has 0 bridgehead atoms. The molecule has 9 heteroatoms. The van der Waals surface area contributed by atoms with Gasteiger partial charge in [0.2, 0.25) is 0 Å². The lowest BCUT2D eigenvalue weighted by molar-refractivity contribution is 0.0667. The van der Waals surface area contributed by atoms with Crippen LogP contribution in [-0.4, -0.2) is 54.1 Å². The predicted octanol–water partition coefficient (Wildman–Crippen LogP) is 4.50. The van der Waals surface area contributed by atoms with Crippen molar-refractivity contribution < 1.29 is 9.18 Å². The number of fused-ring (bicyclic) bond motifs is 1. The maximum atomic E-state index is 14.1. The van der Waals surface area contributed by atoms with E-state index in [0.29, 0.717) is 13.1 Å². The quantitative estimate of drug-likeness (QED) is 0.420. The van der Waals surface area contributed by atoms with Gasteiger partial charge in [-0.05, 0) is 49.2 Å². The minimum atomic E-state index is -0.497. The largest absolute Gasteiger partial charge is 0.336 e. The lowest BCUT2D eigenvalue weighted by Crippen LogP contribution is -2.41. The number of piperidine rings is 1. The van der Waals surface area contributed by atoms with Crippen molar-refractivity contribution in [3.05, 3.63) is 84.6 Å². The molecule has 6 rings (SSSR count). The van der Waals surface area contributed by atoms with Gasteiger partial charge >= 0.3 is 0 Å². The zero-order chi connectivity index (χ0) is 23.8. The van der Waals surface area contributed by atoms with Gasteiger partial charge in [0.25, 0.3) is 5.91 Å². The Balaban J connectivity index is 1.25. The van der Waals surface area contributed by atoms with Gasteiger partial charge in [-0.15, -0.1) is 5.10 Å². The number of H-pyrrole nitrogens is 1. The zero-order valence-electron chi connectivity index (χ0n) is 18.8. The number of pyridine rings is 1. The van der Waals surface area contributed by atoms with E-state index in [-0.39, 0.29) is 17.5 Å². The topological polar surface area (TPSA) is 92.6 Å². The van der Waals surface area contributed by atoms with Crippen molar-refractivity contribution in [1.29, 1.82) is 0 Å². The number of hydrogen-bond donors (Lipinski definition) is 1. The molecular formula is C26H22FN7O. The number of carbonyl (C=O) groups excluding carboxylic acids is 1. The van der Waals surface area contributed by atoms with Crippen LogP contribution in [0.25, 0.3) is 33.4 Å². The van der Waals surface area contributed by atoms with E-state index < -0.39 is 5.82 Å². The zero-order valence-corrected chi connectivity index (χ0v) is 18.8. The van der Waals surface area contributed by atoms with E-state index in [0.717, 1.165) is 46.3 Å². The number of amides is 1. The van der Waals surface area contributed by atoms with Gasteiger partial charge in [0, 0.05) is 42.0 Å². The maximum Gasteiger partial charge on any atom is 0.256 e. The summed E-state index contributed by atoms with van der Waals surface area (Å²) in [5.41, 5.74) is 4.54. The minimum Gasteiger partial charge on any atom is -0.336 e. The molecule has 0 saturated carbocycles. The van der Waals surface area contributed by atoms with Crippen LogP contribution in [0.2, 0.25) is 0 Å². The molecule has 0 aliphatic carbocycles. The fourth-order valence-electron chi connectivity index (χ4n) is 4.65. The first-order valence-electron chi connectivity index (χ1n) is 11.5. The van der Waals surface area contributed by atoms with Crippen LogP contribution in [-0.2, 0) is 0 Å². The molecule has 3 aromatic heterocycles. The standard InChI is InChI=1S/C26H22FN7O/c27-22-6-2-1-5-20(22)26(35)33-13-3-4-19(15-33)34-16-24(30-32-34)18-7-8-23-21(14-18)25(31-29-23)17-9-11-28-12-10-17/h1-2,5-12,14,16,19H,3-4,13,15H2,(H,29,31). The first-order chi connectivity index (χ1) is 17.2. The van der Waals surface area contributed by atoms with Crippen LogP contribution in [0.4, 0.5) is 4.39 Å². The van der Waals surface area contributed by atoms with E-state index in [4.69, 9.17) is 0 Å². The van der Waals surface area contributed by atoms with E-state index in [1.165, 1.54) is 12.1 Å². The van der Waals surface area contributed by atoms with Crippen molar-refractivity contribution >= 4 is 16.8 Å². The van der Waals surface area contributed by atoms with Crippen molar-refractivity contribution in [3.8, 4) is 22.5 Å². The Morgan fingerprint density at radius 1 is 1.06 bits per heavy atom. The number of aromatic nitrogens is 6. The van der Waals surface area contributed by atoms with Crippen LogP contribution in [0.3, 0.4) is 0 Å². The normalized spacial score (nSPS) is 16.0. The summed E-state index contributed by atoms with van der Waals surface area (Å²) in [5, 5.41) is 17.3. The summed E-state index contributed by atoms with van der Waals surface area (Å²) in [6, 6.07) is 16.0. The number of likely N-dealkylation sites (tertiary alicyclic amines) is 1. The van der Waals surface area contributed by atoms with Crippen LogP contribution < -0.4 is 0 Å². The first kappa shape index (κ1) is 21.2. The van der Waals surface area contributed by atoms with Crippen LogP contribution in [0, 0.1) is 5.82 Å². The van der Waals surface area contributed by atoms with E-state index in [9.17, 15) is 9.18 Å². The number of halogens is 1. The average molecular weight is 468 g/mol. The van der Waals surface area contributed by atoms with Crippen LogP contribution in [0.5, 0.6) is 0 Å². The number of rotatable bonds is 4. The molecule has 174 valence electrons. The number of aromatic amines is 1. The van der Waals surface area contributed by atoms with Gasteiger partial charge in [0.1, 0.15) is 17.2 Å². The fourth-order valence-corrected chi connectivity index (χ4v) is 4.65. The molecule has 2 aromatic carbocycles. The molecule has 1 fully saturated rings. The van der Waals surface area contributed by atoms with Crippen molar-refractivity contribution in [2.24, 2.45) is 0 Å². The van der Waals surface area contributed by atoms with Crippen molar-refractivity contribution in [1.82, 2.24) is 35.1 Å². The lowest BCUT2D eigenvalue weighted by atomic mass is 10.0. The lowest BCUT2D eigenvalue weighted by Gasteiger charge is -2.32. The van der Waals surface area contributed by atoms with Crippen molar-refractivity contribution in [2.45, 2.75) is 18.9 Å². The minimum absolute atomic E-state index is 0.0224. The third-order valence-electron chi connectivity index (χ3n) is 6.48.